The first-order valence-electron chi connectivity index (χ1n) is 5.97. The molecular weight excluding hydrogens is 263 g/mol. The van der Waals surface area contributed by atoms with E-state index < -0.39 is 11.6 Å². The van der Waals surface area contributed by atoms with E-state index >= 15 is 0 Å². The molecule has 2 aromatic rings. The number of carbonyl (C=O) groups is 1. The number of ketones is 1. The average Bonchev–Trinajstić information content (AvgIpc) is 2.93. The molecule has 0 atom stereocenters. The summed E-state index contributed by atoms with van der Waals surface area (Å²) in [6.07, 6.45) is 0. The molecule has 0 saturated heterocycles. The Kier molecular flexibility index (Phi) is 3.02. The Morgan fingerprint density at radius 3 is 2.70 bits per heavy atom. The van der Waals surface area contributed by atoms with Crippen molar-refractivity contribution in [2.45, 2.75) is 0 Å². The predicted molar refractivity (Wildman–Crippen MR) is 68.9 cm³/mol. The van der Waals surface area contributed by atoms with Crippen molar-refractivity contribution in [1.29, 1.82) is 0 Å². The SMILES string of the molecule is COc1ccc(C(=O)c2ccc3c(c2)OCO3)c(F)c1. The van der Waals surface area contributed by atoms with Gasteiger partial charge in [-0.15, -0.1) is 0 Å². The van der Waals surface area contributed by atoms with Crippen LogP contribution < -0.4 is 14.2 Å². The summed E-state index contributed by atoms with van der Waals surface area (Å²) in [5.41, 5.74) is 0.336. The lowest BCUT2D eigenvalue weighted by Gasteiger charge is -2.06. The molecule has 102 valence electrons. The van der Waals surface area contributed by atoms with Gasteiger partial charge < -0.3 is 14.2 Å². The van der Waals surface area contributed by atoms with Crippen LogP contribution in [0.25, 0.3) is 0 Å². The molecule has 0 spiro atoms. The number of fused-ring (bicyclic) bond motifs is 1. The van der Waals surface area contributed by atoms with Crippen LogP contribution in [0.3, 0.4) is 0 Å². The van der Waals surface area contributed by atoms with Crippen LogP contribution in [0.5, 0.6) is 17.2 Å². The van der Waals surface area contributed by atoms with Crippen LogP contribution in [0.15, 0.2) is 36.4 Å². The molecule has 0 fully saturated rings. The molecule has 5 heteroatoms. The molecule has 0 aromatic heterocycles. The van der Waals surface area contributed by atoms with Crippen molar-refractivity contribution in [3.63, 3.8) is 0 Å². The second-order valence-corrected chi connectivity index (χ2v) is 4.24. The maximum atomic E-state index is 13.9. The van der Waals surface area contributed by atoms with Crippen molar-refractivity contribution in [3.8, 4) is 17.2 Å². The third kappa shape index (κ3) is 2.07. The molecule has 0 amide bonds. The Morgan fingerprint density at radius 2 is 1.95 bits per heavy atom. The minimum Gasteiger partial charge on any atom is -0.497 e. The van der Waals surface area contributed by atoms with Gasteiger partial charge in [0.15, 0.2) is 17.3 Å². The van der Waals surface area contributed by atoms with Crippen molar-refractivity contribution in [2.75, 3.05) is 13.9 Å². The van der Waals surface area contributed by atoms with E-state index in [-0.39, 0.29) is 12.4 Å². The number of rotatable bonds is 3. The van der Waals surface area contributed by atoms with Gasteiger partial charge in [0.1, 0.15) is 11.6 Å². The number of halogens is 1. The van der Waals surface area contributed by atoms with Crippen LogP contribution in [0.4, 0.5) is 4.39 Å². The minimum absolute atomic E-state index is 0.00957. The number of benzene rings is 2. The molecule has 0 N–H and O–H groups in total. The summed E-state index contributed by atoms with van der Waals surface area (Å²) < 4.78 is 29.2. The molecule has 1 heterocycles. The summed E-state index contributed by atoms with van der Waals surface area (Å²) >= 11 is 0. The highest BCUT2D eigenvalue weighted by Crippen LogP contribution is 2.33. The maximum absolute atomic E-state index is 13.9. The second-order valence-electron chi connectivity index (χ2n) is 4.24. The number of methoxy groups -OCH3 is 1. The molecule has 20 heavy (non-hydrogen) atoms. The van der Waals surface area contributed by atoms with E-state index in [9.17, 15) is 9.18 Å². The van der Waals surface area contributed by atoms with Gasteiger partial charge in [0.05, 0.1) is 12.7 Å². The van der Waals surface area contributed by atoms with E-state index in [4.69, 9.17) is 14.2 Å². The average molecular weight is 274 g/mol. The molecule has 3 rings (SSSR count). The van der Waals surface area contributed by atoms with Crippen LogP contribution >= 0.6 is 0 Å². The lowest BCUT2D eigenvalue weighted by Crippen LogP contribution is -2.04. The van der Waals surface area contributed by atoms with Gasteiger partial charge in [0.2, 0.25) is 6.79 Å². The van der Waals surface area contributed by atoms with E-state index in [1.165, 1.54) is 19.2 Å². The molecule has 0 bridgehead atoms. The number of hydrogen-bond acceptors (Lipinski definition) is 4. The highest BCUT2D eigenvalue weighted by molar-refractivity contribution is 6.09. The highest BCUT2D eigenvalue weighted by atomic mass is 19.1. The van der Waals surface area contributed by atoms with Gasteiger partial charge >= 0.3 is 0 Å². The van der Waals surface area contributed by atoms with Gasteiger partial charge in [-0.2, -0.15) is 0 Å². The van der Waals surface area contributed by atoms with Gasteiger partial charge in [0.25, 0.3) is 0 Å². The lowest BCUT2D eigenvalue weighted by atomic mass is 10.0. The van der Waals surface area contributed by atoms with E-state index in [0.29, 0.717) is 22.8 Å². The van der Waals surface area contributed by atoms with E-state index in [2.05, 4.69) is 0 Å². The zero-order chi connectivity index (χ0) is 14.1. The highest BCUT2D eigenvalue weighted by Gasteiger charge is 2.19. The first kappa shape index (κ1) is 12.5. The van der Waals surface area contributed by atoms with Gasteiger partial charge in [-0.05, 0) is 30.3 Å². The van der Waals surface area contributed by atoms with Crippen LogP contribution in [-0.2, 0) is 0 Å². The summed E-state index contributed by atoms with van der Waals surface area (Å²) in [7, 11) is 1.44. The molecule has 0 radical (unpaired) electrons. The first-order valence-corrected chi connectivity index (χ1v) is 5.97. The zero-order valence-corrected chi connectivity index (χ0v) is 10.7. The third-order valence-corrected chi connectivity index (χ3v) is 3.06. The Morgan fingerprint density at radius 1 is 1.15 bits per heavy atom. The Bertz CT molecular complexity index is 682. The summed E-state index contributed by atoms with van der Waals surface area (Å²) in [4.78, 5) is 12.3. The summed E-state index contributed by atoms with van der Waals surface area (Å²) in [6, 6.07) is 8.90. The number of ether oxygens (including phenoxy) is 3. The van der Waals surface area contributed by atoms with E-state index in [1.54, 1.807) is 24.3 Å². The molecule has 0 aliphatic carbocycles. The van der Waals surface area contributed by atoms with Gasteiger partial charge in [-0.1, -0.05) is 0 Å². The molecule has 1 aliphatic heterocycles. The quantitative estimate of drug-likeness (QED) is 0.807. The predicted octanol–water partition coefficient (Wildman–Crippen LogP) is 2.79. The first-order chi connectivity index (χ1) is 9.69. The normalized spacial score (nSPS) is 12.3. The minimum atomic E-state index is -0.619. The van der Waals surface area contributed by atoms with Gasteiger partial charge in [-0.3, -0.25) is 4.79 Å². The second kappa shape index (κ2) is 4.85. The molecule has 4 nitrogen and oxygen atoms in total. The fourth-order valence-electron chi connectivity index (χ4n) is 2.00. The maximum Gasteiger partial charge on any atom is 0.231 e. The molecule has 2 aromatic carbocycles. The fraction of sp³-hybridized carbons (Fsp3) is 0.133. The van der Waals surface area contributed by atoms with Gasteiger partial charge in [-0.25, -0.2) is 4.39 Å². The Hall–Kier alpha value is -2.56. The van der Waals surface area contributed by atoms with Crippen molar-refractivity contribution >= 4 is 5.78 Å². The summed E-state index contributed by atoms with van der Waals surface area (Å²) in [5.74, 6) is 0.404. The monoisotopic (exact) mass is 274 g/mol. The standard InChI is InChI=1S/C15H11FO4/c1-18-10-3-4-11(12(16)7-10)15(17)9-2-5-13-14(6-9)20-8-19-13/h2-7H,8H2,1H3. The van der Waals surface area contributed by atoms with Crippen LogP contribution in [-0.4, -0.2) is 19.7 Å². The van der Waals surface area contributed by atoms with E-state index in [1.807, 2.05) is 0 Å². The zero-order valence-electron chi connectivity index (χ0n) is 10.7. The third-order valence-electron chi connectivity index (χ3n) is 3.06. The van der Waals surface area contributed by atoms with Crippen molar-refractivity contribution in [1.82, 2.24) is 0 Å². The summed E-state index contributed by atoms with van der Waals surface area (Å²) in [5, 5.41) is 0. The molecular formula is C15H11FO4. The summed E-state index contributed by atoms with van der Waals surface area (Å²) in [6.45, 7) is 0.129. The van der Waals surface area contributed by atoms with Gasteiger partial charge in [0, 0.05) is 11.6 Å². The molecule has 0 saturated carbocycles. The largest absolute Gasteiger partial charge is 0.497 e. The number of hydrogen-bond donors (Lipinski definition) is 0. The lowest BCUT2D eigenvalue weighted by molar-refractivity contribution is 0.103. The topological polar surface area (TPSA) is 44.8 Å². The Balaban J connectivity index is 1.96. The molecule has 0 unspecified atom stereocenters. The Labute approximate surface area is 114 Å². The van der Waals surface area contributed by atoms with Crippen molar-refractivity contribution in [3.05, 3.63) is 53.3 Å². The van der Waals surface area contributed by atoms with Crippen molar-refractivity contribution < 1.29 is 23.4 Å². The van der Waals surface area contributed by atoms with E-state index in [0.717, 1.165) is 0 Å². The smallest absolute Gasteiger partial charge is 0.231 e. The molecule has 1 aliphatic rings. The van der Waals surface area contributed by atoms with Crippen LogP contribution in [0.2, 0.25) is 0 Å². The van der Waals surface area contributed by atoms with Crippen LogP contribution in [0, 0.1) is 5.82 Å². The van der Waals surface area contributed by atoms with Crippen LogP contribution in [0.1, 0.15) is 15.9 Å². The fourth-order valence-corrected chi connectivity index (χ4v) is 2.00. The number of carbonyl (C=O) groups excluding carboxylic acids is 1. The van der Waals surface area contributed by atoms with Crippen molar-refractivity contribution in [2.24, 2.45) is 0 Å².